The van der Waals surface area contributed by atoms with Crippen molar-refractivity contribution >= 4 is 17.3 Å². The van der Waals surface area contributed by atoms with Gasteiger partial charge in [-0.25, -0.2) is 0 Å². The molecule has 1 heterocycles. The Morgan fingerprint density at radius 3 is 2.39 bits per heavy atom. The Bertz CT molecular complexity index is 958. The number of carbonyl (C=O) groups is 1. The van der Waals surface area contributed by atoms with Gasteiger partial charge in [0.1, 0.15) is 0 Å². The number of amides is 1. The molecule has 0 saturated carbocycles. The predicted molar refractivity (Wildman–Crippen MR) is 102 cm³/mol. The van der Waals surface area contributed by atoms with Gasteiger partial charge in [0.15, 0.2) is 0 Å². The van der Waals surface area contributed by atoms with Gasteiger partial charge in [0.05, 0.1) is 22.5 Å². The molecule has 3 aromatic rings. The number of aromatic nitrogens is 1. The third-order valence-corrected chi connectivity index (χ3v) is 4.16. The van der Waals surface area contributed by atoms with Gasteiger partial charge in [0.25, 0.3) is 5.91 Å². The molecule has 3 rings (SSSR count). The highest BCUT2D eigenvalue weighted by Gasteiger charge is 2.33. The van der Waals surface area contributed by atoms with Crippen LogP contribution in [0.2, 0.25) is 0 Å². The number of hydrogen-bond donors (Lipinski definition) is 2. The second-order valence-electron chi connectivity index (χ2n) is 6.24. The molecule has 2 aromatic carbocycles. The third-order valence-electron chi connectivity index (χ3n) is 4.16. The number of para-hydroxylation sites is 1. The summed E-state index contributed by atoms with van der Waals surface area (Å²) in [6, 6.07) is 16.1. The molecule has 144 valence electrons. The van der Waals surface area contributed by atoms with Crippen LogP contribution in [0.1, 0.15) is 34.5 Å². The maximum absolute atomic E-state index is 13.1. The van der Waals surface area contributed by atoms with Gasteiger partial charge in [0.2, 0.25) is 0 Å². The zero-order valence-electron chi connectivity index (χ0n) is 15.0. The van der Waals surface area contributed by atoms with Crippen LogP contribution in [0.15, 0.2) is 73.1 Å². The van der Waals surface area contributed by atoms with Crippen molar-refractivity contribution in [2.24, 2.45) is 0 Å². The van der Waals surface area contributed by atoms with Crippen molar-refractivity contribution < 1.29 is 18.0 Å². The second kappa shape index (κ2) is 8.12. The number of carbonyl (C=O) groups excluding carboxylic acids is 1. The molecular weight excluding hydrogens is 367 g/mol. The lowest BCUT2D eigenvalue weighted by atomic mass is 10.1. The highest BCUT2D eigenvalue weighted by Crippen LogP contribution is 2.34. The van der Waals surface area contributed by atoms with Crippen LogP contribution in [0.4, 0.5) is 24.5 Å². The van der Waals surface area contributed by atoms with Gasteiger partial charge in [-0.1, -0.05) is 42.5 Å². The van der Waals surface area contributed by atoms with E-state index in [1.807, 2.05) is 37.3 Å². The molecule has 7 heteroatoms. The fraction of sp³-hybridized carbons (Fsp3) is 0.143. The summed E-state index contributed by atoms with van der Waals surface area (Å²) < 4.78 is 39.3. The van der Waals surface area contributed by atoms with Crippen molar-refractivity contribution in [2.45, 2.75) is 19.1 Å². The monoisotopic (exact) mass is 385 g/mol. The number of benzene rings is 2. The SMILES string of the molecule is CC(Nc1cncc(C(=O)Nc2ccccc2C(F)(F)F)c1)c1ccccc1. The summed E-state index contributed by atoms with van der Waals surface area (Å²) in [4.78, 5) is 16.5. The van der Waals surface area contributed by atoms with Crippen molar-refractivity contribution in [2.75, 3.05) is 10.6 Å². The Hall–Kier alpha value is -3.35. The number of nitrogens with one attached hydrogen (secondary N) is 2. The van der Waals surface area contributed by atoms with E-state index in [1.165, 1.54) is 24.4 Å². The summed E-state index contributed by atoms with van der Waals surface area (Å²) in [5, 5.41) is 5.55. The molecule has 1 amide bonds. The summed E-state index contributed by atoms with van der Waals surface area (Å²) in [6.07, 6.45) is -1.69. The summed E-state index contributed by atoms with van der Waals surface area (Å²) in [5.74, 6) is -0.666. The van der Waals surface area contributed by atoms with E-state index in [0.717, 1.165) is 11.6 Å². The molecule has 1 unspecified atom stereocenters. The van der Waals surface area contributed by atoms with E-state index in [2.05, 4.69) is 15.6 Å². The van der Waals surface area contributed by atoms with E-state index < -0.39 is 17.6 Å². The Kier molecular flexibility index (Phi) is 5.63. The number of pyridine rings is 1. The van der Waals surface area contributed by atoms with Crippen molar-refractivity contribution in [3.8, 4) is 0 Å². The zero-order valence-corrected chi connectivity index (χ0v) is 15.0. The number of nitrogens with zero attached hydrogens (tertiary/aromatic N) is 1. The summed E-state index contributed by atoms with van der Waals surface area (Å²) >= 11 is 0. The quantitative estimate of drug-likeness (QED) is 0.608. The van der Waals surface area contributed by atoms with Gasteiger partial charge in [-0.05, 0) is 30.7 Å². The lowest BCUT2D eigenvalue weighted by Gasteiger charge is -2.16. The number of hydrogen-bond acceptors (Lipinski definition) is 3. The van der Waals surface area contributed by atoms with Gasteiger partial charge in [0, 0.05) is 18.4 Å². The van der Waals surface area contributed by atoms with E-state index in [4.69, 9.17) is 0 Å². The van der Waals surface area contributed by atoms with Crippen LogP contribution in [0.5, 0.6) is 0 Å². The fourth-order valence-electron chi connectivity index (χ4n) is 2.75. The Balaban J connectivity index is 1.76. The Morgan fingerprint density at radius 2 is 1.68 bits per heavy atom. The smallest absolute Gasteiger partial charge is 0.377 e. The predicted octanol–water partition coefficient (Wildman–Crippen LogP) is 5.53. The molecule has 0 aliphatic heterocycles. The zero-order chi connectivity index (χ0) is 20.1. The molecule has 0 spiro atoms. The normalized spacial score (nSPS) is 12.3. The van der Waals surface area contributed by atoms with Crippen LogP contribution in [-0.4, -0.2) is 10.9 Å². The molecule has 28 heavy (non-hydrogen) atoms. The second-order valence-corrected chi connectivity index (χ2v) is 6.24. The molecule has 4 nitrogen and oxygen atoms in total. The molecule has 0 aliphatic carbocycles. The standard InChI is InChI=1S/C21H18F3N3O/c1-14(15-7-3-2-4-8-15)26-17-11-16(12-25-13-17)20(28)27-19-10-6-5-9-18(19)21(22,23)24/h2-14,26H,1H3,(H,27,28). The average molecular weight is 385 g/mol. The first-order chi connectivity index (χ1) is 13.3. The molecule has 0 saturated heterocycles. The first-order valence-corrected chi connectivity index (χ1v) is 8.58. The van der Waals surface area contributed by atoms with Crippen LogP contribution in [0.3, 0.4) is 0 Å². The lowest BCUT2D eigenvalue weighted by molar-refractivity contribution is -0.136. The van der Waals surface area contributed by atoms with Crippen LogP contribution in [0.25, 0.3) is 0 Å². The number of alkyl halides is 3. The van der Waals surface area contributed by atoms with E-state index in [9.17, 15) is 18.0 Å². The van der Waals surface area contributed by atoms with Gasteiger partial charge in [-0.2, -0.15) is 13.2 Å². The maximum Gasteiger partial charge on any atom is 0.418 e. The molecule has 0 aliphatic rings. The van der Waals surface area contributed by atoms with E-state index in [-0.39, 0.29) is 17.3 Å². The molecule has 1 atom stereocenters. The maximum atomic E-state index is 13.1. The minimum Gasteiger partial charge on any atom is -0.377 e. The van der Waals surface area contributed by atoms with Crippen LogP contribution < -0.4 is 10.6 Å². The number of halogens is 3. The Labute approximate surface area is 160 Å². The molecular formula is C21H18F3N3O. The first kappa shape index (κ1) is 19.4. The highest BCUT2D eigenvalue weighted by atomic mass is 19.4. The molecule has 0 fully saturated rings. The van der Waals surface area contributed by atoms with Crippen molar-refractivity contribution in [3.63, 3.8) is 0 Å². The third kappa shape index (κ3) is 4.68. The van der Waals surface area contributed by atoms with Crippen LogP contribution >= 0.6 is 0 Å². The first-order valence-electron chi connectivity index (χ1n) is 8.58. The molecule has 1 aromatic heterocycles. The Morgan fingerprint density at radius 1 is 1.00 bits per heavy atom. The van der Waals surface area contributed by atoms with Crippen molar-refractivity contribution in [3.05, 3.63) is 89.7 Å². The van der Waals surface area contributed by atoms with Crippen LogP contribution in [-0.2, 0) is 6.18 Å². The van der Waals surface area contributed by atoms with Gasteiger partial charge < -0.3 is 10.6 Å². The van der Waals surface area contributed by atoms with Crippen LogP contribution in [0, 0.1) is 0 Å². The van der Waals surface area contributed by atoms with Crippen molar-refractivity contribution in [1.29, 1.82) is 0 Å². The average Bonchev–Trinajstić information content (AvgIpc) is 2.68. The number of anilines is 2. The lowest BCUT2D eigenvalue weighted by Crippen LogP contribution is -2.17. The van der Waals surface area contributed by atoms with Crippen molar-refractivity contribution in [1.82, 2.24) is 4.98 Å². The molecule has 2 N–H and O–H groups in total. The molecule has 0 bridgehead atoms. The summed E-state index contributed by atoms with van der Waals surface area (Å²) in [6.45, 7) is 1.96. The van der Waals surface area contributed by atoms with Gasteiger partial charge in [-0.3, -0.25) is 9.78 Å². The van der Waals surface area contributed by atoms with Gasteiger partial charge in [-0.15, -0.1) is 0 Å². The largest absolute Gasteiger partial charge is 0.418 e. The van der Waals surface area contributed by atoms with E-state index in [0.29, 0.717) is 5.69 Å². The fourth-order valence-corrected chi connectivity index (χ4v) is 2.75. The topological polar surface area (TPSA) is 54.0 Å². The minimum absolute atomic E-state index is 0.0349. The number of rotatable bonds is 5. The highest BCUT2D eigenvalue weighted by molar-refractivity contribution is 6.05. The van der Waals surface area contributed by atoms with Gasteiger partial charge >= 0.3 is 6.18 Å². The molecule has 0 radical (unpaired) electrons. The summed E-state index contributed by atoms with van der Waals surface area (Å²) in [5.41, 5.74) is 0.603. The summed E-state index contributed by atoms with van der Waals surface area (Å²) in [7, 11) is 0. The van der Waals surface area contributed by atoms with E-state index in [1.54, 1.807) is 12.3 Å². The minimum atomic E-state index is -4.56. The van der Waals surface area contributed by atoms with E-state index >= 15 is 0 Å².